The summed E-state index contributed by atoms with van der Waals surface area (Å²) in [5.41, 5.74) is 2.60. The van der Waals surface area contributed by atoms with Crippen molar-refractivity contribution in [3.05, 3.63) is 69.5 Å². The Morgan fingerprint density at radius 2 is 1.90 bits per heavy atom. The van der Waals surface area contributed by atoms with Gasteiger partial charge in [0, 0.05) is 34.8 Å². The highest BCUT2D eigenvalue weighted by atomic mass is 35.5. The number of halogens is 1. The molecule has 1 aromatic heterocycles. The van der Waals surface area contributed by atoms with Crippen LogP contribution in [0.3, 0.4) is 0 Å². The van der Waals surface area contributed by atoms with Crippen LogP contribution in [-0.4, -0.2) is 17.1 Å². The maximum atomic E-state index is 12.9. The number of hydrogen-bond acceptors (Lipinski definition) is 3. The molecule has 0 radical (unpaired) electrons. The van der Waals surface area contributed by atoms with Gasteiger partial charge in [0.2, 0.25) is 0 Å². The van der Waals surface area contributed by atoms with Crippen LogP contribution in [0.25, 0.3) is 10.9 Å². The molecule has 1 saturated carbocycles. The van der Waals surface area contributed by atoms with Gasteiger partial charge in [-0.15, -0.1) is 0 Å². The van der Waals surface area contributed by atoms with Crippen molar-refractivity contribution in [1.82, 2.24) is 4.57 Å². The van der Waals surface area contributed by atoms with Crippen molar-refractivity contribution in [2.45, 2.75) is 45.6 Å². The summed E-state index contributed by atoms with van der Waals surface area (Å²) >= 11 is 5.87. The molecule has 0 spiro atoms. The average Bonchev–Trinajstić information content (AvgIpc) is 2.71. The first-order chi connectivity index (χ1) is 14.9. The molecular formula is C25H27ClN2O3. The van der Waals surface area contributed by atoms with Crippen LogP contribution in [0, 0.1) is 5.92 Å². The summed E-state index contributed by atoms with van der Waals surface area (Å²) in [7, 11) is 0. The number of hydrogen-bond donors (Lipinski definition) is 1. The number of fused-ring (bicyclic) bond motifs is 1. The van der Waals surface area contributed by atoms with Gasteiger partial charge in [0.05, 0.1) is 5.52 Å². The number of rotatable bonds is 7. The molecule has 31 heavy (non-hydrogen) atoms. The third-order valence-corrected chi connectivity index (χ3v) is 6.15. The largest absolute Gasteiger partial charge is 0.484 e. The fourth-order valence-electron chi connectivity index (χ4n) is 3.95. The SMILES string of the molecule is CC(C)c1cc(=O)n(CC2CCC2)c2cc(OCC(=O)Nc3ccc(Cl)cc3)ccc12. The number of ether oxygens (including phenoxy) is 1. The Balaban J connectivity index is 1.56. The van der Waals surface area contributed by atoms with Gasteiger partial charge in [-0.25, -0.2) is 0 Å². The molecule has 5 nitrogen and oxygen atoms in total. The Kier molecular flexibility index (Phi) is 6.33. The van der Waals surface area contributed by atoms with E-state index in [9.17, 15) is 9.59 Å². The van der Waals surface area contributed by atoms with Gasteiger partial charge in [-0.2, -0.15) is 0 Å². The summed E-state index contributed by atoms with van der Waals surface area (Å²) in [4.78, 5) is 25.2. The predicted molar refractivity (Wildman–Crippen MR) is 125 cm³/mol. The molecule has 0 aliphatic heterocycles. The second-order valence-electron chi connectivity index (χ2n) is 8.52. The van der Waals surface area contributed by atoms with Crippen LogP contribution in [0.5, 0.6) is 5.75 Å². The molecule has 0 saturated heterocycles. The summed E-state index contributed by atoms with van der Waals surface area (Å²) < 4.78 is 7.63. The predicted octanol–water partition coefficient (Wildman–Crippen LogP) is 5.60. The van der Waals surface area contributed by atoms with Crippen LogP contribution in [0.1, 0.15) is 44.6 Å². The summed E-state index contributed by atoms with van der Waals surface area (Å²) in [6.45, 7) is 4.80. The molecule has 3 aromatic rings. The number of carbonyl (C=O) groups is 1. The van der Waals surface area contributed by atoms with E-state index in [2.05, 4.69) is 19.2 Å². The molecule has 1 N–H and O–H groups in total. The smallest absolute Gasteiger partial charge is 0.262 e. The molecule has 0 unspecified atom stereocenters. The summed E-state index contributed by atoms with van der Waals surface area (Å²) in [5, 5.41) is 4.46. The van der Waals surface area contributed by atoms with Crippen LogP contribution in [-0.2, 0) is 11.3 Å². The van der Waals surface area contributed by atoms with E-state index >= 15 is 0 Å². The number of pyridine rings is 1. The molecule has 6 heteroatoms. The van der Waals surface area contributed by atoms with Crippen molar-refractivity contribution in [1.29, 1.82) is 0 Å². The van der Waals surface area contributed by atoms with Gasteiger partial charge in [0.1, 0.15) is 5.75 Å². The second-order valence-corrected chi connectivity index (χ2v) is 8.96. The van der Waals surface area contributed by atoms with Gasteiger partial charge in [-0.3, -0.25) is 9.59 Å². The lowest BCUT2D eigenvalue weighted by Gasteiger charge is -2.27. The third-order valence-electron chi connectivity index (χ3n) is 5.90. The number of amides is 1. The van der Waals surface area contributed by atoms with E-state index < -0.39 is 0 Å². The van der Waals surface area contributed by atoms with Gasteiger partial charge in [0.15, 0.2) is 6.61 Å². The molecule has 1 heterocycles. The third kappa shape index (κ3) is 4.93. The second kappa shape index (κ2) is 9.15. The highest BCUT2D eigenvalue weighted by Crippen LogP contribution is 2.31. The van der Waals surface area contributed by atoms with Crippen molar-refractivity contribution < 1.29 is 9.53 Å². The fourth-order valence-corrected chi connectivity index (χ4v) is 4.08. The van der Waals surface area contributed by atoms with Crippen LogP contribution in [0.4, 0.5) is 5.69 Å². The van der Waals surface area contributed by atoms with E-state index in [1.54, 1.807) is 30.3 Å². The van der Waals surface area contributed by atoms with E-state index in [0.717, 1.165) is 23.0 Å². The number of carbonyl (C=O) groups excluding carboxylic acids is 1. The Hall–Kier alpha value is -2.79. The Morgan fingerprint density at radius 3 is 2.55 bits per heavy atom. The first-order valence-electron chi connectivity index (χ1n) is 10.8. The van der Waals surface area contributed by atoms with Crippen molar-refractivity contribution in [3.63, 3.8) is 0 Å². The molecule has 0 bridgehead atoms. The van der Waals surface area contributed by atoms with Gasteiger partial charge in [-0.1, -0.05) is 31.9 Å². The maximum absolute atomic E-state index is 12.9. The Bertz CT molecular complexity index is 1150. The lowest BCUT2D eigenvalue weighted by atomic mass is 9.85. The lowest BCUT2D eigenvalue weighted by Crippen LogP contribution is -2.27. The maximum Gasteiger partial charge on any atom is 0.262 e. The minimum Gasteiger partial charge on any atom is -0.484 e. The highest BCUT2D eigenvalue weighted by molar-refractivity contribution is 6.30. The van der Waals surface area contributed by atoms with Crippen molar-refractivity contribution >= 4 is 34.1 Å². The average molecular weight is 439 g/mol. The van der Waals surface area contributed by atoms with Crippen molar-refractivity contribution in [2.24, 2.45) is 5.92 Å². The molecule has 0 atom stereocenters. The molecule has 162 valence electrons. The van der Waals surface area contributed by atoms with Crippen molar-refractivity contribution in [3.8, 4) is 5.75 Å². The molecule has 1 aliphatic carbocycles. The van der Waals surface area contributed by atoms with Crippen LogP contribution < -0.4 is 15.6 Å². The highest BCUT2D eigenvalue weighted by Gasteiger charge is 2.21. The normalized spacial score (nSPS) is 13.9. The van der Waals surface area contributed by atoms with Gasteiger partial charge < -0.3 is 14.6 Å². The first kappa shape index (κ1) is 21.4. The number of nitrogens with one attached hydrogen (secondary N) is 1. The number of anilines is 1. The number of benzene rings is 2. The number of nitrogens with zero attached hydrogens (tertiary/aromatic N) is 1. The minimum atomic E-state index is -0.259. The summed E-state index contributed by atoms with van der Waals surface area (Å²) in [5.74, 6) is 1.11. The minimum absolute atomic E-state index is 0.0285. The molecule has 1 aliphatic rings. The van der Waals surface area contributed by atoms with Crippen LogP contribution >= 0.6 is 11.6 Å². The zero-order chi connectivity index (χ0) is 22.0. The molecule has 2 aromatic carbocycles. The lowest BCUT2D eigenvalue weighted by molar-refractivity contribution is -0.118. The van der Waals surface area contributed by atoms with Crippen molar-refractivity contribution in [2.75, 3.05) is 11.9 Å². The van der Waals surface area contributed by atoms with Crippen LogP contribution in [0.2, 0.25) is 5.02 Å². The molecular weight excluding hydrogens is 412 g/mol. The monoisotopic (exact) mass is 438 g/mol. The summed E-state index contributed by atoms with van der Waals surface area (Å²) in [6, 6.07) is 14.4. The first-order valence-corrected chi connectivity index (χ1v) is 11.1. The van der Waals surface area contributed by atoms with Gasteiger partial charge in [-0.05, 0) is 66.6 Å². The fraction of sp³-hybridized carbons (Fsp3) is 0.360. The zero-order valence-corrected chi connectivity index (χ0v) is 18.6. The topological polar surface area (TPSA) is 60.3 Å². The quantitative estimate of drug-likeness (QED) is 0.522. The van der Waals surface area contributed by atoms with E-state index in [4.69, 9.17) is 16.3 Å². The standard InChI is InChI=1S/C25H27ClN2O3/c1-16(2)22-13-25(30)28(14-17-4-3-5-17)23-12-20(10-11-21(22)23)31-15-24(29)27-19-8-6-18(26)7-9-19/h6-13,16-17H,3-5,14-15H2,1-2H3,(H,27,29). The molecule has 1 amide bonds. The van der Waals surface area contributed by atoms with E-state index in [-0.39, 0.29) is 24.0 Å². The van der Waals surface area contributed by atoms with E-state index in [0.29, 0.717) is 22.4 Å². The van der Waals surface area contributed by atoms with Crippen LogP contribution in [0.15, 0.2) is 53.3 Å². The number of aromatic nitrogens is 1. The molecule has 1 fully saturated rings. The Morgan fingerprint density at radius 1 is 1.16 bits per heavy atom. The van der Waals surface area contributed by atoms with E-state index in [1.165, 1.54) is 19.3 Å². The van der Waals surface area contributed by atoms with E-state index in [1.807, 2.05) is 22.8 Å². The zero-order valence-electron chi connectivity index (χ0n) is 17.9. The molecule has 4 rings (SSSR count). The Labute approximate surface area is 187 Å². The van der Waals surface area contributed by atoms with Gasteiger partial charge in [0.25, 0.3) is 11.5 Å². The van der Waals surface area contributed by atoms with Gasteiger partial charge >= 0.3 is 0 Å². The summed E-state index contributed by atoms with van der Waals surface area (Å²) in [6.07, 6.45) is 3.57.